The molecule has 0 fully saturated rings. The van der Waals surface area contributed by atoms with Gasteiger partial charge >= 0.3 is 0 Å². The van der Waals surface area contributed by atoms with Crippen LogP contribution in [0.1, 0.15) is 11.4 Å². The van der Waals surface area contributed by atoms with Gasteiger partial charge in [0, 0.05) is 23.0 Å². The molecular weight excluding hydrogens is 216 g/mol. The standard InChI is InChI=1S/C12H14N4O/c1-7-4-9(5-8(2)14-7)10-6-11(17-3)16-12(13)15-10/h4-6H,1-3H3,(H2,13,15,16). The summed E-state index contributed by atoms with van der Waals surface area (Å²) in [6, 6.07) is 5.66. The highest BCUT2D eigenvalue weighted by Crippen LogP contribution is 2.22. The van der Waals surface area contributed by atoms with Crippen molar-refractivity contribution < 1.29 is 4.74 Å². The Labute approximate surface area is 99.7 Å². The Morgan fingerprint density at radius 1 is 1.00 bits per heavy atom. The molecule has 0 aliphatic heterocycles. The predicted molar refractivity (Wildman–Crippen MR) is 65.7 cm³/mol. The molecule has 5 nitrogen and oxygen atoms in total. The van der Waals surface area contributed by atoms with Crippen LogP contribution in [0.5, 0.6) is 5.88 Å². The Morgan fingerprint density at radius 3 is 2.24 bits per heavy atom. The van der Waals surface area contributed by atoms with Crippen molar-refractivity contribution in [2.75, 3.05) is 12.8 Å². The van der Waals surface area contributed by atoms with Gasteiger partial charge in [0.05, 0.1) is 12.8 Å². The fraction of sp³-hybridized carbons (Fsp3) is 0.250. The Morgan fingerprint density at radius 2 is 1.65 bits per heavy atom. The molecule has 0 radical (unpaired) electrons. The Bertz CT molecular complexity index is 534. The van der Waals surface area contributed by atoms with E-state index in [4.69, 9.17) is 10.5 Å². The molecule has 0 spiro atoms. The lowest BCUT2D eigenvalue weighted by atomic mass is 10.1. The van der Waals surface area contributed by atoms with Crippen LogP contribution in [-0.2, 0) is 0 Å². The molecule has 2 heterocycles. The smallest absolute Gasteiger partial charge is 0.223 e. The summed E-state index contributed by atoms with van der Waals surface area (Å²) in [5, 5.41) is 0. The van der Waals surface area contributed by atoms with Gasteiger partial charge in [-0.25, -0.2) is 4.98 Å². The molecule has 0 atom stereocenters. The summed E-state index contributed by atoms with van der Waals surface area (Å²) in [5.41, 5.74) is 9.21. The zero-order valence-corrected chi connectivity index (χ0v) is 10.1. The Kier molecular flexibility index (Phi) is 2.91. The van der Waals surface area contributed by atoms with E-state index in [2.05, 4.69) is 15.0 Å². The van der Waals surface area contributed by atoms with Gasteiger partial charge in [-0.15, -0.1) is 0 Å². The number of rotatable bonds is 2. The molecule has 0 amide bonds. The average Bonchev–Trinajstić information content (AvgIpc) is 2.26. The van der Waals surface area contributed by atoms with E-state index in [1.807, 2.05) is 26.0 Å². The number of hydrogen-bond donors (Lipinski definition) is 1. The maximum atomic E-state index is 5.63. The molecule has 0 saturated carbocycles. The SMILES string of the molecule is COc1cc(-c2cc(C)nc(C)c2)nc(N)n1. The molecule has 0 aliphatic rings. The van der Waals surface area contributed by atoms with Crippen molar-refractivity contribution in [2.45, 2.75) is 13.8 Å². The van der Waals surface area contributed by atoms with E-state index in [1.165, 1.54) is 0 Å². The first-order valence-corrected chi connectivity index (χ1v) is 5.22. The average molecular weight is 230 g/mol. The van der Waals surface area contributed by atoms with Gasteiger partial charge < -0.3 is 10.5 Å². The van der Waals surface area contributed by atoms with Crippen molar-refractivity contribution in [1.82, 2.24) is 15.0 Å². The highest BCUT2D eigenvalue weighted by molar-refractivity contribution is 5.62. The fourth-order valence-electron chi connectivity index (χ4n) is 1.68. The van der Waals surface area contributed by atoms with Gasteiger partial charge in [-0.2, -0.15) is 4.98 Å². The number of ether oxygens (including phenoxy) is 1. The number of methoxy groups -OCH3 is 1. The first-order valence-electron chi connectivity index (χ1n) is 5.22. The molecule has 2 N–H and O–H groups in total. The number of hydrogen-bond acceptors (Lipinski definition) is 5. The van der Waals surface area contributed by atoms with Crippen molar-refractivity contribution in [3.63, 3.8) is 0 Å². The minimum absolute atomic E-state index is 0.200. The van der Waals surface area contributed by atoms with Crippen molar-refractivity contribution in [2.24, 2.45) is 0 Å². The van der Waals surface area contributed by atoms with E-state index in [0.29, 0.717) is 5.88 Å². The molecule has 2 rings (SSSR count). The molecule has 0 aromatic carbocycles. The summed E-state index contributed by atoms with van der Waals surface area (Å²) in [7, 11) is 1.55. The summed E-state index contributed by atoms with van der Waals surface area (Å²) in [6.07, 6.45) is 0. The third-order valence-electron chi connectivity index (χ3n) is 2.31. The number of aromatic nitrogens is 3. The molecule has 0 bridgehead atoms. The quantitative estimate of drug-likeness (QED) is 0.850. The van der Waals surface area contributed by atoms with E-state index in [1.54, 1.807) is 13.2 Å². The lowest BCUT2D eigenvalue weighted by Gasteiger charge is -2.06. The second-order valence-electron chi connectivity index (χ2n) is 3.79. The van der Waals surface area contributed by atoms with Gasteiger partial charge in [0.1, 0.15) is 0 Å². The number of nitrogen functional groups attached to an aromatic ring is 1. The van der Waals surface area contributed by atoms with Crippen LogP contribution in [0.4, 0.5) is 5.95 Å². The van der Waals surface area contributed by atoms with Crippen molar-refractivity contribution in [3.05, 3.63) is 29.6 Å². The summed E-state index contributed by atoms with van der Waals surface area (Å²) in [6.45, 7) is 3.89. The Hall–Kier alpha value is -2.17. The highest BCUT2D eigenvalue weighted by Gasteiger charge is 2.06. The molecule has 0 unspecified atom stereocenters. The third kappa shape index (κ3) is 2.50. The first kappa shape index (κ1) is 11.3. The van der Waals surface area contributed by atoms with Crippen LogP contribution >= 0.6 is 0 Å². The maximum Gasteiger partial charge on any atom is 0.223 e. The number of anilines is 1. The predicted octanol–water partition coefficient (Wildman–Crippen LogP) is 1.75. The van der Waals surface area contributed by atoms with Gasteiger partial charge in [0.2, 0.25) is 11.8 Å². The van der Waals surface area contributed by atoms with Crippen LogP contribution in [0.2, 0.25) is 0 Å². The zero-order chi connectivity index (χ0) is 12.4. The van der Waals surface area contributed by atoms with Crippen molar-refractivity contribution in [3.8, 4) is 17.1 Å². The summed E-state index contributed by atoms with van der Waals surface area (Å²) in [4.78, 5) is 12.5. The maximum absolute atomic E-state index is 5.63. The summed E-state index contributed by atoms with van der Waals surface area (Å²) >= 11 is 0. The van der Waals surface area contributed by atoms with Crippen molar-refractivity contribution >= 4 is 5.95 Å². The van der Waals surface area contributed by atoms with Crippen LogP contribution < -0.4 is 10.5 Å². The second kappa shape index (κ2) is 4.37. The van der Waals surface area contributed by atoms with Gasteiger partial charge in [0.15, 0.2) is 0 Å². The summed E-state index contributed by atoms with van der Waals surface area (Å²) in [5.74, 6) is 0.658. The Balaban J connectivity index is 2.55. The minimum atomic E-state index is 0.200. The molecular formula is C12H14N4O. The highest BCUT2D eigenvalue weighted by atomic mass is 16.5. The number of pyridine rings is 1. The van der Waals surface area contributed by atoms with Gasteiger partial charge in [-0.3, -0.25) is 4.98 Å². The molecule has 0 aliphatic carbocycles. The van der Waals surface area contributed by atoms with Crippen LogP contribution in [0.15, 0.2) is 18.2 Å². The number of nitrogens with zero attached hydrogens (tertiary/aromatic N) is 3. The van der Waals surface area contributed by atoms with Crippen LogP contribution in [-0.4, -0.2) is 22.1 Å². The van der Waals surface area contributed by atoms with E-state index >= 15 is 0 Å². The topological polar surface area (TPSA) is 73.9 Å². The van der Waals surface area contributed by atoms with Crippen molar-refractivity contribution in [1.29, 1.82) is 0 Å². The van der Waals surface area contributed by atoms with Gasteiger partial charge in [-0.05, 0) is 26.0 Å². The number of aryl methyl sites for hydroxylation is 2. The first-order chi connectivity index (χ1) is 8.08. The second-order valence-corrected chi connectivity index (χ2v) is 3.79. The monoisotopic (exact) mass is 230 g/mol. The van der Waals surface area contributed by atoms with Crippen LogP contribution in [0.3, 0.4) is 0 Å². The van der Waals surface area contributed by atoms with Crippen LogP contribution in [0, 0.1) is 13.8 Å². The largest absolute Gasteiger partial charge is 0.481 e. The van der Waals surface area contributed by atoms with E-state index in [-0.39, 0.29) is 5.95 Å². The van der Waals surface area contributed by atoms with E-state index < -0.39 is 0 Å². The van der Waals surface area contributed by atoms with Gasteiger partial charge in [-0.1, -0.05) is 0 Å². The fourth-order valence-corrected chi connectivity index (χ4v) is 1.68. The molecule has 2 aromatic heterocycles. The van der Waals surface area contributed by atoms with E-state index in [9.17, 15) is 0 Å². The summed E-state index contributed by atoms with van der Waals surface area (Å²) < 4.78 is 5.07. The lowest BCUT2D eigenvalue weighted by Crippen LogP contribution is -1.99. The molecule has 17 heavy (non-hydrogen) atoms. The minimum Gasteiger partial charge on any atom is -0.481 e. The molecule has 88 valence electrons. The van der Waals surface area contributed by atoms with Crippen LogP contribution in [0.25, 0.3) is 11.3 Å². The lowest BCUT2D eigenvalue weighted by molar-refractivity contribution is 0.398. The van der Waals surface area contributed by atoms with E-state index in [0.717, 1.165) is 22.6 Å². The molecule has 5 heteroatoms. The van der Waals surface area contributed by atoms with Gasteiger partial charge in [0.25, 0.3) is 0 Å². The molecule has 2 aromatic rings. The molecule has 0 saturated heterocycles. The zero-order valence-electron chi connectivity index (χ0n) is 10.1. The third-order valence-corrected chi connectivity index (χ3v) is 2.31. The number of nitrogens with two attached hydrogens (primary N) is 1. The normalized spacial score (nSPS) is 10.3.